The Labute approximate surface area is 186 Å². The third-order valence-electron chi connectivity index (χ3n) is 5.13. The third kappa shape index (κ3) is 3.92. The van der Waals surface area contributed by atoms with Crippen molar-refractivity contribution in [2.45, 2.75) is 11.8 Å². The van der Waals surface area contributed by atoms with E-state index < -0.39 is 10.0 Å². The SMILES string of the molecule is COc1ccc(S(=O)(=O)N=C2/C(=N\c3ccccc3C(C)=O)c3ccccc3N2C)cc1. The molecule has 0 aromatic heterocycles. The van der Waals surface area contributed by atoms with Gasteiger partial charge in [0.05, 0.1) is 23.4 Å². The minimum Gasteiger partial charge on any atom is -0.497 e. The molecule has 32 heavy (non-hydrogen) atoms. The number of hydrogen-bond donors (Lipinski definition) is 0. The van der Waals surface area contributed by atoms with Crippen LogP contribution in [0, 0.1) is 0 Å². The van der Waals surface area contributed by atoms with Crippen LogP contribution < -0.4 is 9.64 Å². The molecule has 1 aliphatic heterocycles. The maximum atomic E-state index is 13.1. The topological polar surface area (TPSA) is 88.4 Å². The Hall–Kier alpha value is -3.78. The molecule has 0 unspecified atom stereocenters. The second-order valence-corrected chi connectivity index (χ2v) is 8.78. The largest absolute Gasteiger partial charge is 0.497 e. The van der Waals surface area contributed by atoms with Gasteiger partial charge in [0.1, 0.15) is 11.5 Å². The highest BCUT2D eigenvalue weighted by molar-refractivity contribution is 7.90. The molecule has 3 aromatic carbocycles. The molecule has 0 N–H and O–H groups in total. The van der Waals surface area contributed by atoms with E-state index in [9.17, 15) is 13.2 Å². The van der Waals surface area contributed by atoms with Crippen molar-refractivity contribution >= 4 is 38.7 Å². The average molecular weight is 448 g/mol. The number of Topliss-reactive ketones (excluding diaryl/α,β-unsaturated/α-hetero) is 1. The van der Waals surface area contributed by atoms with Crippen LogP contribution in [0.2, 0.25) is 0 Å². The van der Waals surface area contributed by atoms with Crippen LogP contribution in [0.3, 0.4) is 0 Å². The molecule has 0 aliphatic carbocycles. The number of aliphatic imine (C=N–C) groups is 1. The molecule has 0 amide bonds. The fourth-order valence-electron chi connectivity index (χ4n) is 3.48. The fourth-order valence-corrected chi connectivity index (χ4v) is 4.50. The lowest BCUT2D eigenvalue weighted by Gasteiger charge is -2.13. The van der Waals surface area contributed by atoms with Crippen molar-refractivity contribution in [2.75, 3.05) is 19.1 Å². The van der Waals surface area contributed by atoms with Gasteiger partial charge in [0.15, 0.2) is 11.6 Å². The number of ketones is 1. The van der Waals surface area contributed by atoms with Crippen LogP contribution in [0.1, 0.15) is 22.8 Å². The van der Waals surface area contributed by atoms with Gasteiger partial charge in [0, 0.05) is 18.2 Å². The van der Waals surface area contributed by atoms with Crippen LogP contribution >= 0.6 is 0 Å². The van der Waals surface area contributed by atoms with Gasteiger partial charge in [-0.1, -0.05) is 30.3 Å². The number of hydrogen-bond acceptors (Lipinski definition) is 5. The number of likely N-dealkylation sites (N-methyl/N-ethyl adjacent to an activating group) is 1. The zero-order valence-corrected chi connectivity index (χ0v) is 18.6. The van der Waals surface area contributed by atoms with Crippen LogP contribution in [0.4, 0.5) is 11.4 Å². The van der Waals surface area contributed by atoms with Gasteiger partial charge in [0.25, 0.3) is 10.0 Å². The van der Waals surface area contributed by atoms with E-state index in [1.807, 2.05) is 24.3 Å². The van der Waals surface area contributed by atoms with Gasteiger partial charge in [-0.2, -0.15) is 8.42 Å². The number of rotatable bonds is 5. The Bertz CT molecular complexity index is 1360. The summed E-state index contributed by atoms with van der Waals surface area (Å²) in [6.07, 6.45) is 0. The number of sulfonamides is 1. The summed E-state index contributed by atoms with van der Waals surface area (Å²) in [7, 11) is -0.781. The molecule has 7 nitrogen and oxygen atoms in total. The Balaban J connectivity index is 1.89. The first-order valence-corrected chi connectivity index (χ1v) is 11.3. The molecular weight excluding hydrogens is 426 g/mol. The Morgan fingerprint density at radius 2 is 1.59 bits per heavy atom. The second-order valence-electron chi connectivity index (χ2n) is 7.18. The molecule has 0 spiro atoms. The van der Waals surface area contributed by atoms with Gasteiger partial charge >= 0.3 is 0 Å². The standard InChI is InChI=1S/C24H21N3O4S/c1-16(28)19-8-4-6-10-21(19)25-23-20-9-5-7-11-22(20)27(2)24(23)26-32(29,30)18-14-12-17(31-3)13-15-18/h4-15H,1-3H3/b25-23-,26-24?. The van der Waals surface area contributed by atoms with E-state index in [4.69, 9.17) is 9.73 Å². The van der Waals surface area contributed by atoms with Crippen LogP contribution in [0.5, 0.6) is 5.75 Å². The van der Waals surface area contributed by atoms with Crippen molar-refractivity contribution in [3.63, 3.8) is 0 Å². The Kier molecular flexibility index (Phi) is 5.63. The van der Waals surface area contributed by atoms with E-state index in [2.05, 4.69) is 4.40 Å². The average Bonchev–Trinajstić information content (AvgIpc) is 3.05. The van der Waals surface area contributed by atoms with Crippen LogP contribution in [0.25, 0.3) is 0 Å². The normalized spacial score (nSPS) is 15.8. The predicted octanol–water partition coefficient (Wildman–Crippen LogP) is 4.26. The zero-order chi connectivity index (χ0) is 22.9. The quantitative estimate of drug-likeness (QED) is 0.546. The Morgan fingerprint density at radius 3 is 2.28 bits per heavy atom. The van der Waals surface area contributed by atoms with E-state index >= 15 is 0 Å². The van der Waals surface area contributed by atoms with Crippen molar-refractivity contribution in [3.8, 4) is 5.75 Å². The summed E-state index contributed by atoms with van der Waals surface area (Å²) in [6.45, 7) is 1.47. The molecule has 0 saturated heterocycles. The molecule has 0 fully saturated rings. The number of anilines is 1. The number of ether oxygens (including phenoxy) is 1. The third-order valence-corrected chi connectivity index (χ3v) is 6.41. The van der Waals surface area contributed by atoms with Crippen molar-refractivity contribution < 1.29 is 17.9 Å². The summed E-state index contributed by atoms with van der Waals surface area (Å²) < 4.78 is 35.4. The first-order valence-electron chi connectivity index (χ1n) is 9.83. The summed E-state index contributed by atoms with van der Waals surface area (Å²) in [6, 6.07) is 20.4. The number of para-hydroxylation sites is 2. The molecule has 3 aromatic rings. The van der Waals surface area contributed by atoms with Crippen molar-refractivity contribution in [2.24, 2.45) is 9.39 Å². The molecule has 8 heteroatoms. The monoisotopic (exact) mass is 447 g/mol. The lowest BCUT2D eigenvalue weighted by Crippen LogP contribution is -2.27. The van der Waals surface area contributed by atoms with Gasteiger partial charge in [-0.3, -0.25) is 4.79 Å². The number of amidine groups is 1. The number of nitrogens with zero attached hydrogens (tertiary/aromatic N) is 3. The molecule has 162 valence electrons. The maximum Gasteiger partial charge on any atom is 0.284 e. The minimum atomic E-state index is -4.03. The minimum absolute atomic E-state index is 0.0404. The number of benzene rings is 3. The molecule has 0 bridgehead atoms. The van der Waals surface area contributed by atoms with Gasteiger partial charge < -0.3 is 9.64 Å². The van der Waals surface area contributed by atoms with Gasteiger partial charge in [-0.15, -0.1) is 4.40 Å². The van der Waals surface area contributed by atoms with Crippen LogP contribution in [-0.2, 0) is 10.0 Å². The number of fused-ring (bicyclic) bond motifs is 1. The lowest BCUT2D eigenvalue weighted by molar-refractivity contribution is 0.101. The van der Waals surface area contributed by atoms with Gasteiger partial charge in [-0.25, -0.2) is 4.99 Å². The highest BCUT2D eigenvalue weighted by Crippen LogP contribution is 2.32. The smallest absolute Gasteiger partial charge is 0.284 e. The highest BCUT2D eigenvalue weighted by Gasteiger charge is 2.32. The highest BCUT2D eigenvalue weighted by atomic mass is 32.2. The molecule has 0 atom stereocenters. The number of carbonyl (C=O) groups is 1. The van der Waals surface area contributed by atoms with E-state index in [-0.39, 0.29) is 16.5 Å². The van der Waals surface area contributed by atoms with Gasteiger partial charge in [-0.05, 0) is 49.4 Å². The van der Waals surface area contributed by atoms with Crippen molar-refractivity contribution in [1.29, 1.82) is 0 Å². The van der Waals surface area contributed by atoms with E-state index in [1.165, 1.54) is 26.2 Å². The maximum absolute atomic E-state index is 13.1. The summed E-state index contributed by atoms with van der Waals surface area (Å²) in [5.41, 5.74) is 2.79. The lowest BCUT2D eigenvalue weighted by atomic mass is 10.1. The molecule has 1 heterocycles. The first-order chi connectivity index (χ1) is 15.3. The molecule has 0 saturated carbocycles. The van der Waals surface area contributed by atoms with E-state index in [1.54, 1.807) is 48.3 Å². The summed E-state index contributed by atoms with van der Waals surface area (Å²) in [5, 5.41) is 0. The molecule has 1 aliphatic rings. The van der Waals surface area contributed by atoms with Crippen LogP contribution in [-0.4, -0.2) is 39.9 Å². The van der Waals surface area contributed by atoms with Crippen LogP contribution in [0.15, 0.2) is 87.1 Å². The second kappa shape index (κ2) is 8.39. The number of carbonyl (C=O) groups excluding carboxylic acids is 1. The van der Waals surface area contributed by atoms with Crippen molar-refractivity contribution in [1.82, 2.24) is 0 Å². The summed E-state index contributed by atoms with van der Waals surface area (Å²) in [4.78, 5) is 18.5. The van der Waals surface area contributed by atoms with Gasteiger partial charge in [0.2, 0.25) is 0 Å². The first kappa shape index (κ1) is 21.5. The van der Waals surface area contributed by atoms with Crippen molar-refractivity contribution in [3.05, 3.63) is 83.9 Å². The zero-order valence-electron chi connectivity index (χ0n) is 17.8. The fraction of sp³-hybridized carbons (Fsp3) is 0.125. The summed E-state index contributed by atoms with van der Waals surface area (Å²) >= 11 is 0. The summed E-state index contributed by atoms with van der Waals surface area (Å²) in [5.74, 6) is 0.597. The van der Waals surface area contributed by atoms with E-state index in [0.29, 0.717) is 22.7 Å². The number of methoxy groups -OCH3 is 1. The predicted molar refractivity (Wildman–Crippen MR) is 125 cm³/mol. The molecular formula is C24H21N3O4S. The Morgan fingerprint density at radius 1 is 0.938 bits per heavy atom. The van der Waals surface area contributed by atoms with E-state index in [0.717, 1.165) is 11.3 Å². The molecule has 4 rings (SSSR count). The molecule has 0 radical (unpaired) electrons.